The summed E-state index contributed by atoms with van der Waals surface area (Å²) in [7, 11) is 0. The number of carbonyl (C=O) groups is 1. The molecule has 1 saturated heterocycles. The number of halogens is 1. The van der Waals surface area contributed by atoms with Gasteiger partial charge in [0.15, 0.2) is 0 Å². The Morgan fingerprint density at radius 1 is 1.48 bits per heavy atom. The average molecular weight is 394 g/mol. The number of hydrogen-bond acceptors (Lipinski definition) is 5. The highest BCUT2D eigenvalue weighted by Gasteiger charge is 2.41. The summed E-state index contributed by atoms with van der Waals surface area (Å²) in [6, 6.07) is 5.84. The van der Waals surface area contributed by atoms with E-state index >= 15 is 0 Å². The standard InChI is InChI=1S/C18H20ClN3OS2/c1-3-22-7-6-12-15(9-22)25-17(20-10(2)23)16(12)18-21-13-8-11(19)4-5-14(13)24-18/h4-5,8,12,15H,3,6-7,9H2,1-2H3,(H,20,23). The van der Waals surface area contributed by atoms with Gasteiger partial charge in [0, 0.05) is 35.2 Å². The van der Waals surface area contributed by atoms with Crippen molar-refractivity contribution in [2.75, 3.05) is 19.6 Å². The number of carbonyl (C=O) groups excluding carboxylic acids is 1. The van der Waals surface area contributed by atoms with Crippen LogP contribution in [0, 0.1) is 5.92 Å². The smallest absolute Gasteiger partial charge is 0.221 e. The highest BCUT2D eigenvalue weighted by Crippen LogP contribution is 2.50. The molecule has 4 nitrogen and oxygen atoms in total. The number of benzene rings is 1. The summed E-state index contributed by atoms with van der Waals surface area (Å²) in [6.07, 6.45) is 1.11. The monoisotopic (exact) mass is 393 g/mol. The fraction of sp³-hybridized carbons (Fsp3) is 0.444. The second-order valence-corrected chi connectivity index (χ2v) is 9.22. The quantitative estimate of drug-likeness (QED) is 0.848. The maximum absolute atomic E-state index is 11.7. The second-order valence-electron chi connectivity index (χ2n) is 6.50. The summed E-state index contributed by atoms with van der Waals surface area (Å²) in [5.74, 6) is 0.431. The lowest BCUT2D eigenvalue weighted by molar-refractivity contribution is -0.118. The van der Waals surface area contributed by atoms with Gasteiger partial charge in [-0.1, -0.05) is 18.5 Å². The Labute approximate surface area is 160 Å². The summed E-state index contributed by atoms with van der Waals surface area (Å²) in [6.45, 7) is 7.03. The zero-order valence-corrected chi connectivity index (χ0v) is 16.6. The van der Waals surface area contributed by atoms with Gasteiger partial charge in [-0.25, -0.2) is 4.98 Å². The van der Waals surface area contributed by atoms with Gasteiger partial charge in [-0.05, 0) is 37.7 Å². The minimum atomic E-state index is -0.0184. The molecule has 1 amide bonds. The number of fused-ring (bicyclic) bond motifs is 2. The summed E-state index contributed by atoms with van der Waals surface area (Å²) in [5.41, 5.74) is 2.15. The summed E-state index contributed by atoms with van der Waals surface area (Å²) in [4.78, 5) is 19.0. The van der Waals surface area contributed by atoms with Crippen LogP contribution in [0.1, 0.15) is 25.3 Å². The van der Waals surface area contributed by atoms with Crippen molar-refractivity contribution in [2.24, 2.45) is 5.92 Å². The highest BCUT2D eigenvalue weighted by atomic mass is 35.5. The van der Waals surface area contributed by atoms with Crippen LogP contribution in [-0.4, -0.2) is 40.7 Å². The number of allylic oxidation sites excluding steroid dienone is 1. The van der Waals surface area contributed by atoms with E-state index in [9.17, 15) is 4.79 Å². The van der Waals surface area contributed by atoms with Crippen LogP contribution in [0.25, 0.3) is 15.8 Å². The maximum atomic E-state index is 11.7. The first-order chi connectivity index (χ1) is 12.0. The third kappa shape index (κ3) is 3.33. The Morgan fingerprint density at radius 2 is 2.32 bits per heavy atom. The molecular weight excluding hydrogens is 374 g/mol. The van der Waals surface area contributed by atoms with E-state index in [0.717, 1.165) is 46.3 Å². The van der Waals surface area contributed by atoms with Gasteiger partial charge in [0.05, 0.1) is 15.2 Å². The van der Waals surface area contributed by atoms with Crippen LogP contribution in [0.5, 0.6) is 0 Å². The molecule has 0 spiro atoms. The lowest BCUT2D eigenvalue weighted by Gasteiger charge is -2.34. The Hall–Kier alpha value is -1.08. The maximum Gasteiger partial charge on any atom is 0.221 e. The first-order valence-electron chi connectivity index (χ1n) is 8.52. The van der Waals surface area contributed by atoms with Gasteiger partial charge < -0.3 is 10.2 Å². The van der Waals surface area contributed by atoms with Crippen LogP contribution in [0.2, 0.25) is 5.02 Å². The highest BCUT2D eigenvalue weighted by molar-refractivity contribution is 8.04. The molecule has 1 fully saturated rings. The van der Waals surface area contributed by atoms with Crippen molar-refractivity contribution in [3.8, 4) is 0 Å². The van der Waals surface area contributed by atoms with Crippen LogP contribution in [0.15, 0.2) is 23.2 Å². The molecule has 0 radical (unpaired) electrons. The van der Waals surface area contributed by atoms with Crippen molar-refractivity contribution in [3.05, 3.63) is 33.3 Å². The van der Waals surface area contributed by atoms with Gasteiger partial charge in [0.25, 0.3) is 0 Å². The van der Waals surface area contributed by atoms with E-state index < -0.39 is 0 Å². The molecule has 0 saturated carbocycles. The number of thioether (sulfide) groups is 1. The lowest BCUT2D eigenvalue weighted by Crippen LogP contribution is -2.40. The van der Waals surface area contributed by atoms with Crippen LogP contribution >= 0.6 is 34.7 Å². The van der Waals surface area contributed by atoms with E-state index in [0.29, 0.717) is 16.2 Å². The van der Waals surface area contributed by atoms with Gasteiger partial charge in [-0.15, -0.1) is 23.1 Å². The molecule has 2 unspecified atom stereocenters. The predicted molar refractivity (Wildman–Crippen MR) is 107 cm³/mol. The van der Waals surface area contributed by atoms with E-state index in [1.54, 1.807) is 30.0 Å². The molecule has 4 rings (SSSR count). The molecule has 1 aromatic heterocycles. The lowest BCUT2D eigenvalue weighted by atomic mass is 9.89. The Bertz CT molecular complexity index is 863. The number of rotatable bonds is 3. The van der Waals surface area contributed by atoms with Crippen molar-refractivity contribution in [3.63, 3.8) is 0 Å². The molecule has 2 atom stereocenters. The van der Waals surface area contributed by atoms with E-state index in [4.69, 9.17) is 16.6 Å². The second kappa shape index (κ2) is 6.91. The Kier molecular flexibility index (Phi) is 4.79. The number of thiazole rings is 1. The molecule has 3 heterocycles. The zero-order chi connectivity index (χ0) is 17.6. The molecule has 132 valence electrons. The third-order valence-corrected chi connectivity index (χ3v) is 7.49. The van der Waals surface area contributed by atoms with Gasteiger partial charge in [0.2, 0.25) is 5.91 Å². The molecule has 2 aliphatic heterocycles. The SMILES string of the molecule is CCN1CCC2C(c3nc4cc(Cl)ccc4s3)=C(NC(C)=O)SC2C1. The first-order valence-corrected chi connectivity index (χ1v) is 10.6. The number of amides is 1. The Morgan fingerprint density at radius 3 is 3.08 bits per heavy atom. The van der Waals surface area contributed by atoms with Crippen molar-refractivity contribution >= 4 is 56.4 Å². The van der Waals surface area contributed by atoms with E-state index in [1.807, 2.05) is 18.2 Å². The third-order valence-electron chi connectivity index (χ3n) is 4.84. The van der Waals surface area contributed by atoms with Crippen molar-refractivity contribution in [1.82, 2.24) is 15.2 Å². The minimum absolute atomic E-state index is 0.0184. The molecular formula is C18H20ClN3OS2. The predicted octanol–water partition coefficient (Wildman–Crippen LogP) is 4.21. The summed E-state index contributed by atoms with van der Waals surface area (Å²) >= 11 is 9.61. The topological polar surface area (TPSA) is 45.2 Å². The fourth-order valence-corrected chi connectivity index (χ4v) is 6.52. The molecule has 25 heavy (non-hydrogen) atoms. The van der Waals surface area contributed by atoms with Gasteiger partial charge >= 0.3 is 0 Å². The molecule has 0 aliphatic carbocycles. The minimum Gasteiger partial charge on any atom is -0.321 e. The van der Waals surface area contributed by atoms with Crippen molar-refractivity contribution in [1.29, 1.82) is 0 Å². The van der Waals surface area contributed by atoms with E-state index in [-0.39, 0.29) is 5.91 Å². The molecule has 2 aromatic rings. The van der Waals surface area contributed by atoms with Gasteiger partial charge in [-0.3, -0.25) is 4.79 Å². The number of piperidine rings is 1. The van der Waals surface area contributed by atoms with E-state index in [1.165, 1.54) is 5.57 Å². The molecule has 1 aromatic carbocycles. The van der Waals surface area contributed by atoms with Crippen molar-refractivity contribution in [2.45, 2.75) is 25.5 Å². The van der Waals surface area contributed by atoms with Crippen molar-refractivity contribution < 1.29 is 4.79 Å². The zero-order valence-electron chi connectivity index (χ0n) is 14.2. The average Bonchev–Trinajstić information content (AvgIpc) is 3.13. The van der Waals surface area contributed by atoms with E-state index in [2.05, 4.69) is 17.1 Å². The van der Waals surface area contributed by atoms with Gasteiger partial charge in [-0.2, -0.15) is 0 Å². The molecule has 0 bridgehead atoms. The first kappa shape index (κ1) is 17.3. The molecule has 7 heteroatoms. The summed E-state index contributed by atoms with van der Waals surface area (Å²) < 4.78 is 1.13. The number of aromatic nitrogens is 1. The number of likely N-dealkylation sites (tertiary alicyclic amines) is 1. The molecule has 1 N–H and O–H groups in total. The Balaban J connectivity index is 1.75. The fourth-order valence-electron chi connectivity index (χ4n) is 3.63. The van der Waals surface area contributed by atoms with Crippen LogP contribution in [-0.2, 0) is 4.79 Å². The van der Waals surface area contributed by atoms with Crippen LogP contribution in [0.4, 0.5) is 0 Å². The van der Waals surface area contributed by atoms with Crippen LogP contribution in [0.3, 0.4) is 0 Å². The van der Waals surface area contributed by atoms with Crippen LogP contribution < -0.4 is 5.32 Å². The van der Waals surface area contributed by atoms with Gasteiger partial charge in [0.1, 0.15) is 5.01 Å². The number of nitrogens with zero attached hydrogens (tertiary/aromatic N) is 2. The number of hydrogen-bond donors (Lipinski definition) is 1. The largest absolute Gasteiger partial charge is 0.321 e. The molecule has 2 aliphatic rings. The number of nitrogens with one attached hydrogen (secondary N) is 1. The normalized spacial score (nSPS) is 24.0. The summed E-state index contributed by atoms with van der Waals surface area (Å²) in [5, 5.41) is 6.26.